The summed E-state index contributed by atoms with van der Waals surface area (Å²) in [5.74, 6) is -1.72. The van der Waals surface area contributed by atoms with Crippen molar-refractivity contribution in [3.63, 3.8) is 0 Å². The van der Waals surface area contributed by atoms with Crippen LogP contribution in [-0.4, -0.2) is 23.8 Å². The topological polar surface area (TPSA) is 87.3 Å². The Balaban J connectivity index is 2.08. The molecule has 2 aromatic carbocycles. The van der Waals surface area contributed by atoms with Crippen LogP contribution in [0, 0.1) is 12.7 Å². The average Bonchev–Trinajstić information content (AvgIpc) is 2.58. The Bertz CT molecular complexity index is 902. The molecular formula is C19H19ClFN3O3. The monoisotopic (exact) mass is 391 g/mol. The Morgan fingerprint density at radius 3 is 2.41 bits per heavy atom. The summed E-state index contributed by atoms with van der Waals surface area (Å²) in [5.41, 5.74) is 1.55. The molecule has 0 bridgehead atoms. The van der Waals surface area contributed by atoms with E-state index in [1.807, 2.05) is 0 Å². The minimum absolute atomic E-state index is 0.125. The molecule has 0 saturated heterocycles. The maximum absolute atomic E-state index is 13.1. The summed E-state index contributed by atoms with van der Waals surface area (Å²) in [7, 11) is 0. The summed E-state index contributed by atoms with van der Waals surface area (Å²) < 4.78 is 13.1. The van der Waals surface area contributed by atoms with E-state index in [0.717, 1.165) is 0 Å². The highest BCUT2D eigenvalue weighted by Crippen LogP contribution is 2.21. The smallest absolute Gasteiger partial charge is 0.253 e. The summed E-state index contributed by atoms with van der Waals surface area (Å²) in [6.45, 7) is 4.52. The predicted octanol–water partition coefficient (Wildman–Crippen LogP) is 3.50. The quantitative estimate of drug-likeness (QED) is 0.729. The van der Waals surface area contributed by atoms with E-state index < -0.39 is 23.7 Å². The molecule has 3 amide bonds. The number of hydrogen-bond donors (Lipinski definition) is 3. The third kappa shape index (κ3) is 5.52. The third-order valence-corrected chi connectivity index (χ3v) is 4.05. The molecule has 27 heavy (non-hydrogen) atoms. The van der Waals surface area contributed by atoms with Gasteiger partial charge in [0.1, 0.15) is 11.9 Å². The minimum atomic E-state index is -0.873. The van der Waals surface area contributed by atoms with Gasteiger partial charge in [-0.3, -0.25) is 14.4 Å². The van der Waals surface area contributed by atoms with Crippen LogP contribution in [0.25, 0.3) is 0 Å². The zero-order chi connectivity index (χ0) is 20.1. The molecule has 0 radical (unpaired) electrons. The fraction of sp³-hybridized carbons (Fsp3) is 0.211. The molecule has 6 nitrogen and oxygen atoms in total. The van der Waals surface area contributed by atoms with E-state index >= 15 is 0 Å². The lowest BCUT2D eigenvalue weighted by atomic mass is 10.1. The zero-order valence-corrected chi connectivity index (χ0v) is 15.8. The van der Waals surface area contributed by atoms with Crippen LogP contribution in [0.3, 0.4) is 0 Å². The molecule has 1 unspecified atom stereocenters. The Hall–Kier alpha value is -2.93. The van der Waals surface area contributed by atoms with Crippen LogP contribution in [0.15, 0.2) is 36.4 Å². The van der Waals surface area contributed by atoms with Crippen molar-refractivity contribution in [2.75, 3.05) is 10.6 Å². The molecular weight excluding hydrogens is 373 g/mol. The molecule has 0 heterocycles. The SMILES string of the molecule is CC(=O)Nc1ccc(Cl)c(C(=O)NC(C)C(=O)Nc2ccc(F)cc2C)c1. The number of rotatable bonds is 5. The first-order chi connectivity index (χ1) is 12.7. The number of amides is 3. The van der Waals surface area contributed by atoms with Crippen LogP contribution in [0.4, 0.5) is 15.8 Å². The first kappa shape index (κ1) is 20.4. The second kappa shape index (κ2) is 8.64. The van der Waals surface area contributed by atoms with Gasteiger partial charge in [0.2, 0.25) is 11.8 Å². The third-order valence-electron chi connectivity index (χ3n) is 3.72. The first-order valence-corrected chi connectivity index (χ1v) is 8.50. The molecule has 0 spiro atoms. The van der Waals surface area contributed by atoms with Crippen LogP contribution >= 0.6 is 11.6 Å². The van der Waals surface area contributed by atoms with Gasteiger partial charge < -0.3 is 16.0 Å². The van der Waals surface area contributed by atoms with E-state index in [2.05, 4.69) is 16.0 Å². The number of carbonyl (C=O) groups excluding carboxylic acids is 3. The van der Waals surface area contributed by atoms with Crippen molar-refractivity contribution in [3.8, 4) is 0 Å². The van der Waals surface area contributed by atoms with E-state index in [4.69, 9.17) is 11.6 Å². The van der Waals surface area contributed by atoms with Gasteiger partial charge in [-0.25, -0.2) is 4.39 Å². The highest BCUT2D eigenvalue weighted by molar-refractivity contribution is 6.34. The van der Waals surface area contributed by atoms with Gasteiger partial charge in [-0.1, -0.05) is 11.6 Å². The molecule has 2 rings (SSSR count). The van der Waals surface area contributed by atoms with Crippen LogP contribution in [0.5, 0.6) is 0 Å². The van der Waals surface area contributed by atoms with Gasteiger partial charge >= 0.3 is 0 Å². The van der Waals surface area contributed by atoms with E-state index in [1.165, 1.54) is 44.2 Å². The summed E-state index contributed by atoms with van der Waals surface area (Å²) in [6.07, 6.45) is 0. The molecule has 142 valence electrons. The number of benzene rings is 2. The number of halogens is 2. The lowest BCUT2D eigenvalue weighted by Crippen LogP contribution is -2.41. The number of hydrogen-bond acceptors (Lipinski definition) is 3. The Morgan fingerprint density at radius 1 is 1.07 bits per heavy atom. The fourth-order valence-electron chi connectivity index (χ4n) is 2.33. The van der Waals surface area contributed by atoms with Gasteiger partial charge in [0.15, 0.2) is 0 Å². The summed E-state index contributed by atoms with van der Waals surface area (Å²) >= 11 is 6.05. The van der Waals surface area contributed by atoms with E-state index in [0.29, 0.717) is 16.9 Å². The number of anilines is 2. The van der Waals surface area contributed by atoms with Gasteiger partial charge in [-0.05, 0) is 55.8 Å². The van der Waals surface area contributed by atoms with Gasteiger partial charge in [-0.15, -0.1) is 0 Å². The largest absolute Gasteiger partial charge is 0.340 e. The van der Waals surface area contributed by atoms with Crippen molar-refractivity contribution in [3.05, 3.63) is 58.4 Å². The molecule has 3 N–H and O–H groups in total. The molecule has 0 fully saturated rings. The van der Waals surface area contributed by atoms with Gasteiger partial charge in [0.05, 0.1) is 10.6 Å². The van der Waals surface area contributed by atoms with Gasteiger partial charge in [-0.2, -0.15) is 0 Å². The second-order valence-corrected chi connectivity index (χ2v) is 6.43. The van der Waals surface area contributed by atoms with Crippen LogP contribution in [0.1, 0.15) is 29.8 Å². The number of aryl methyl sites for hydroxylation is 1. The number of nitrogens with one attached hydrogen (secondary N) is 3. The van der Waals surface area contributed by atoms with E-state index in [1.54, 1.807) is 13.0 Å². The van der Waals surface area contributed by atoms with Gasteiger partial charge in [0.25, 0.3) is 5.91 Å². The molecule has 0 aliphatic rings. The van der Waals surface area contributed by atoms with Crippen molar-refractivity contribution < 1.29 is 18.8 Å². The first-order valence-electron chi connectivity index (χ1n) is 8.12. The Morgan fingerprint density at radius 2 is 1.78 bits per heavy atom. The van der Waals surface area contributed by atoms with Gasteiger partial charge in [0, 0.05) is 18.3 Å². The molecule has 0 aliphatic heterocycles. The van der Waals surface area contributed by atoms with Crippen molar-refractivity contribution in [1.82, 2.24) is 5.32 Å². The Labute approximate surface area is 161 Å². The van der Waals surface area contributed by atoms with Crippen LogP contribution < -0.4 is 16.0 Å². The van der Waals surface area contributed by atoms with Crippen LogP contribution in [0.2, 0.25) is 5.02 Å². The van der Waals surface area contributed by atoms with E-state index in [-0.39, 0.29) is 16.5 Å². The van der Waals surface area contributed by atoms with Crippen molar-refractivity contribution in [2.45, 2.75) is 26.8 Å². The summed E-state index contributed by atoms with van der Waals surface area (Å²) in [6, 6.07) is 7.58. The summed E-state index contributed by atoms with van der Waals surface area (Å²) in [4.78, 5) is 35.9. The van der Waals surface area contributed by atoms with E-state index in [9.17, 15) is 18.8 Å². The average molecular weight is 392 g/mol. The molecule has 0 aromatic heterocycles. The molecule has 8 heteroatoms. The van der Waals surface area contributed by atoms with Crippen molar-refractivity contribution in [2.24, 2.45) is 0 Å². The molecule has 0 saturated carbocycles. The normalized spacial score (nSPS) is 11.4. The maximum Gasteiger partial charge on any atom is 0.253 e. The predicted molar refractivity (Wildman–Crippen MR) is 102 cm³/mol. The van der Waals surface area contributed by atoms with Crippen molar-refractivity contribution in [1.29, 1.82) is 0 Å². The lowest BCUT2D eigenvalue weighted by Gasteiger charge is -2.16. The lowest BCUT2D eigenvalue weighted by molar-refractivity contribution is -0.117. The minimum Gasteiger partial charge on any atom is -0.340 e. The molecule has 0 aliphatic carbocycles. The Kier molecular flexibility index (Phi) is 6.52. The maximum atomic E-state index is 13.1. The molecule has 1 atom stereocenters. The standard InChI is InChI=1S/C19H19ClFN3O3/c1-10-8-13(21)4-7-17(10)24-18(26)11(2)22-19(27)15-9-14(23-12(3)25)5-6-16(15)20/h4-9,11H,1-3H3,(H,22,27)(H,23,25)(H,24,26). The van der Waals surface area contributed by atoms with Crippen LogP contribution in [-0.2, 0) is 9.59 Å². The fourth-order valence-corrected chi connectivity index (χ4v) is 2.53. The highest BCUT2D eigenvalue weighted by atomic mass is 35.5. The second-order valence-electron chi connectivity index (χ2n) is 6.02. The highest BCUT2D eigenvalue weighted by Gasteiger charge is 2.19. The zero-order valence-electron chi connectivity index (χ0n) is 15.0. The summed E-state index contributed by atoms with van der Waals surface area (Å²) in [5, 5.41) is 7.93. The molecule has 2 aromatic rings. The number of carbonyl (C=O) groups is 3. The van der Waals surface area contributed by atoms with Crippen molar-refractivity contribution >= 4 is 40.7 Å².